The van der Waals surface area contributed by atoms with Crippen molar-refractivity contribution in [3.05, 3.63) is 57.4 Å². The molecule has 2 atom stereocenters. The van der Waals surface area contributed by atoms with Crippen molar-refractivity contribution in [2.45, 2.75) is 38.8 Å². The zero-order valence-corrected chi connectivity index (χ0v) is 14.9. The van der Waals surface area contributed by atoms with Crippen LogP contribution in [0.5, 0.6) is 0 Å². The van der Waals surface area contributed by atoms with Crippen molar-refractivity contribution in [3.8, 4) is 0 Å². The van der Waals surface area contributed by atoms with E-state index >= 15 is 0 Å². The minimum absolute atomic E-state index is 0.0534. The lowest BCUT2D eigenvalue weighted by Gasteiger charge is -2.22. The van der Waals surface area contributed by atoms with Gasteiger partial charge in [-0.15, -0.1) is 0 Å². The van der Waals surface area contributed by atoms with Crippen molar-refractivity contribution < 1.29 is 9.72 Å². The van der Waals surface area contributed by atoms with Gasteiger partial charge in [0.05, 0.1) is 17.0 Å². The van der Waals surface area contributed by atoms with E-state index in [1.54, 1.807) is 32.0 Å². The molecule has 2 N–H and O–H groups in total. The van der Waals surface area contributed by atoms with E-state index in [2.05, 4.69) is 15.7 Å². The summed E-state index contributed by atoms with van der Waals surface area (Å²) in [5, 5.41) is 21.7. The maximum absolute atomic E-state index is 12.5. The molecule has 1 saturated heterocycles. The van der Waals surface area contributed by atoms with E-state index in [9.17, 15) is 14.9 Å². The minimum Gasteiger partial charge on any atom is -0.344 e. The van der Waals surface area contributed by atoms with Gasteiger partial charge in [-0.05, 0) is 44.9 Å². The molecule has 138 valence electrons. The fourth-order valence-corrected chi connectivity index (χ4v) is 3.17. The molecule has 0 saturated carbocycles. The maximum atomic E-state index is 12.5. The second kappa shape index (κ2) is 7.65. The molecule has 8 nitrogen and oxygen atoms in total. The third-order valence-electron chi connectivity index (χ3n) is 4.76. The Morgan fingerprint density at radius 1 is 1.46 bits per heavy atom. The fraction of sp³-hybridized carbons (Fsp3) is 0.444. The number of nitro groups is 1. The van der Waals surface area contributed by atoms with Gasteiger partial charge in [0.25, 0.3) is 11.6 Å². The summed E-state index contributed by atoms with van der Waals surface area (Å²) < 4.78 is 1.84. The van der Waals surface area contributed by atoms with Crippen molar-refractivity contribution in [2.75, 3.05) is 13.1 Å². The van der Waals surface area contributed by atoms with Crippen molar-refractivity contribution in [3.63, 3.8) is 0 Å². The summed E-state index contributed by atoms with van der Waals surface area (Å²) >= 11 is 0. The largest absolute Gasteiger partial charge is 0.344 e. The number of hydrogen-bond donors (Lipinski definition) is 2. The predicted octanol–water partition coefficient (Wildman–Crippen LogP) is 2.52. The Bertz CT molecular complexity index is 811. The summed E-state index contributed by atoms with van der Waals surface area (Å²) in [5.41, 5.74) is 1.69. The molecule has 1 aliphatic rings. The van der Waals surface area contributed by atoms with E-state index in [1.165, 1.54) is 6.07 Å². The summed E-state index contributed by atoms with van der Waals surface area (Å²) in [4.78, 5) is 23.2. The third kappa shape index (κ3) is 3.91. The molecule has 2 unspecified atom stereocenters. The monoisotopic (exact) mass is 357 g/mol. The maximum Gasteiger partial charge on any atom is 0.272 e. The van der Waals surface area contributed by atoms with Crippen LogP contribution < -0.4 is 10.6 Å². The number of aromatic nitrogens is 2. The Hall–Kier alpha value is -2.74. The van der Waals surface area contributed by atoms with Crippen molar-refractivity contribution >= 4 is 11.6 Å². The van der Waals surface area contributed by atoms with Crippen LogP contribution in [0.1, 0.15) is 53.5 Å². The summed E-state index contributed by atoms with van der Waals surface area (Å²) in [6, 6.07) is 6.60. The van der Waals surface area contributed by atoms with Gasteiger partial charge in [0.15, 0.2) is 0 Å². The first-order valence-electron chi connectivity index (χ1n) is 8.77. The molecule has 8 heteroatoms. The van der Waals surface area contributed by atoms with Crippen molar-refractivity contribution in [2.24, 2.45) is 0 Å². The highest BCUT2D eigenvalue weighted by Gasteiger charge is 2.20. The quantitative estimate of drug-likeness (QED) is 0.632. The van der Waals surface area contributed by atoms with Gasteiger partial charge in [0.1, 0.15) is 5.69 Å². The van der Waals surface area contributed by atoms with Gasteiger partial charge >= 0.3 is 0 Å². The molecule has 2 heterocycles. The van der Waals surface area contributed by atoms with Crippen LogP contribution in [0.3, 0.4) is 0 Å². The normalized spacial score (nSPS) is 18.3. The number of hydrogen-bond acceptors (Lipinski definition) is 5. The van der Waals surface area contributed by atoms with Crippen LogP contribution in [0, 0.1) is 17.0 Å². The number of aryl methyl sites for hydroxylation is 1. The second-order valence-electron chi connectivity index (χ2n) is 6.68. The number of nitro benzene ring substituents is 1. The Kier molecular flexibility index (Phi) is 5.32. The van der Waals surface area contributed by atoms with Crippen LogP contribution in [0.2, 0.25) is 0 Å². The van der Waals surface area contributed by atoms with E-state index < -0.39 is 4.92 Å². The number of rotatable bonds is 5. The van der Waals surface area contributed by atoms with Gasteiger partial charge in [-0.1, -0.05) is 12.1 Å². The van der Waals surface area contributed by atoms with Gasteiger partial charge in [-0.25, -0.2) is 0 Å². The molecule has 0 aliphatic carbocycles. The Labute approximate surface area is 151 Å². The van der Waals surface area contributed by atoms with Crippen molar-refractivity contribution in [1.29, 1.82) is 0 Å². The third-order valence-corrected chi connectivity index (χ3v) is 4.76. The number of carbonyl (C=O) groups excluding carboxylic acids is 1. The van der Waals surface area contributed by atoms with Gasteiger partial charge < -0.3 is 10.6 Å². The number of carbonyl (C=O) groups is 1. The fourth-order valence-electron chi connectivity index (χ4n) is 3.17. The highest BCUT2D eigenvalue weighted by atomic mass is 16.6. The van der Waals surface area contributed by atoms with Gasteiger partial charge in [-0.2, -0.15) is 5.10 Å². The first-order valence-corrected chi connectivity index (χ1v) is 8.77. The van der Waals surface area contributed by atoms with Crippen LogP contribution in [-0.4, -0.2) is 33.7 Å². The molecule has 0 radical (unpaired) electrons. The molecular weight excluding hydrogens is 334 g/mol. The lowest BCUT2D eigenvalue weighted by molar-refractivity contribution is -0.385. The Balaban J connectivity index is 1.69. The van der Waals surface area contributed by atoms with E-state index in [1.807, 2.05) is 10.9 Å². The topological polar surface area (TPSA) is 102 Å². The molecular formula is C18H23N5O3. The molecule has 0 spiro atoms. The molecule has 1 aliphatic heterocycles. The summed E-state index contributed by atoms with van der Waals surface area (Å²) in [6.07, 6.45) is 3.96. The van der Waals surface area contributed by atoms with Gasteiger partial charge in [0.2, 0.25) is 0 Å². The van der Waals surface area contributed by atoms with Crippen LogP contribution in [0.4, 0.5) is 5.69 Å². The number of benzene rings is 1. The van der Waals surface area contributed by atoms with E-state index in [0.717, 1.165) is 25.9 Å². The van der Waals surface area contributed by atoms with Crippen LogP contribution in [0.25, 0.3) is 0 Å². The lowest BCUT2D eigenvalue weighted by Crippen LogP contribution is -2.32. The molecule has 3 rings (SSSR count). The smallest absolute Gasteiger partial charge is 0.272 e. The Morgan fingerprint density at radius 2 is 2.27 bits per heavy atom. The van der Waals surface area contributed by atoms with Crippen LogP contribution in [-0.2, 0) is 0 Å². The lowest BCUT2D eigenvalue weighted by atomic mass is 10.0. The molecule has 2 aromatic rings. The predicted molar refractivity (Wildman–Crippen MR) is 97.1 cm³/mol. The summed E-state index contributed by atoms with van der Waals surface area (Å²) in [6.45, 7) is 5.36. The van der Waals surface area contributed by atoms with E-state index in [4.69, 9.17) is 0 Å². The van der Waals surface area contributed by atoms with Crippen LogP contribution in [0.15, 0.2) is 30.5 Å². The first kappa shape index (κ1) is 18.1. The SMILES string of the molecule is Cc1ccc(C(C)NC(=O)c2ccn(C3CCCNC3)n2)cc1[N+](=O)[O-]. The summed E-state index contributed by atoms with van der Waals surface area (Å²) in [5.74, 6) is -0.289. The number of piperidine rings is 1. The molecule has 1 aromatic heterocycles. The molecule has 1 amide bonds. The van der Waals surface area contributed by atoms with Gasteiger partial charge in [0, 0.05) is 24.4 Å². The minimum atomic E-state index is -0.409. The zero-order valence-electron chi connectivity index (χ0n) is 14.9. The highest BCUT2D eigenvalue weighted by molar-refractivity contribution is 5.92. The molecule has 26 heavy (non-hydrogen) atoms. The number of nitrogens with zero attached hydrogens (tertiary/aromatic N) is 3. The van der Waals surface area contributed by atoms with Crippen molar-refractivity contribution in [1.82, 2.24) is 20.4 Å². The average molecular weight is 357 g/mol. The van der Waals surface area contributed by atoms with E-state index in [-0.39, 0.29) is 23.7 Å². The second-order valence-corrected chi connectivity index (χ2v) is 6.68. The number of amides is 1. The summed E-state index contributed by atoms with van der Waals surface area (Å²) in [7, 11) is 0. The number of nitrogens with one attached hydrogen (secondary N) is 2. The molecule has 0 bridgehead atoms. The van der Waals surface area contributed by atoms with Crippen LogP contribution >= 0.6 is 0 Å². The zero-order chi connectivity index (χ0) is 18.7. The molecule has 1 fully saturated rings. The average Bonchev–Trinajstić information content (AvgIpc) is 3.13. The highest BCUT2D eigenvalue weighted by Crippen LogP contribution is 2.23. The van der Waals surface area contributed by atoms with E-state index in [0.29, 0.717) is 16.8 Å². The van der Waals surface area contributed by atoms with Gasteiger partial charge in [-0.3, -0.25) is 19.6 Å². The first-order chi connectivity index (χ1) is 12.5. The molecule has 1 aromatic carbocycles. The Morgan fingerprint density at radius 3 is 2.96 bits per heavy atom. The standard InChI is InChI=1S/C18H23N5O3/c1-12-5-6-14(10-17(12)23(25)26)13(2)20-18(24)16-7-9-22(21-16)15-4-3-8-19-11-15/h5-7,9-10,13,15,19H,3-4,8,11H2,1-2H3,(H,20,24).